The number of ether oxygens (including phenoxy) is 3. The zero-order valence-electron chi connectivity index (χ0n) is 15.0. The fourth-order valence-electron chi connectivity index (χ4n) is 3.29. The molecule has 2 heterocycles. The summed E-state index contributed by atoms with van der Waals surface area (Å²) in [7, 11) is 0. The van der Waals surface area contributed by atoms with Crippen LogP contribution in [-0.2, 0) is 12.8 Å². The second kappa shape index (κ2) is 8.19. The van der Waals surface area contributed by atoms with E-state index in [1.165, 1.54) is 29.7 Å². The molecule has 0 bridgehead atoms. The number of carbonyl (C=O) groups excluding carboxylic acids is 1. The van der Waals surface area contributed by atoms with Crippen LogP contribution in [0.3, 0.4) is 0 Å². The quantitative estimate of drug-likeness (QED) is 0.743. The maximum atomic E-state index is 12.4. The fraction of sp³-hybridized carbons (Fsp3) is 0.450. The third kappa shape index (κ3) is 4.36. The van der Waals surface area contributed by atoms with Gasteiger partial charge in [-0.1, -0.05) is 6.42 Å². The second-order valence-electron chi connectivity index (χ2n) is 6.81. The summed E-state index contributed by atoms with van der Waals surface area (Å²) in [5.74, 6) is 1.78. The van der Waals surface area contributed by atoms with E-state index in [1.54, 1.807) is 29.5 Å². The molecule has 2 aromatic rings. The molecule has 0 saturated carbocycles. The van der Waals surface area contributed by atoms with Gasteiger partial charge in [0.15, 0.2) is 11.5 Å². The summed E-state index contributed by atoms with van der Waals surface area (Å²) in [5.41, 5.74) is 1.31. The van der Waals surface area contributed by atoms with E-state index in [0.29, 0.717) is 17.2 Å². The zero-order chi connectivity index (χ0) is 18.6. The van der Waals surface area contributed by atoms with Crippen molar-refractivity contribution in [2.45, 2.75) is 38.2 Å². The van der Waals surface area contributed by atoms with Crippen LogP contribution >= 0.6 is 11.3 Å². The number of hydrogen-bond acceptors (Lipinski definition) is 6. The highest BCUT2D eigenvalue weighted by atomic mass is 32.1. The van der Waals surface area contributed by atoms with Gasteiger partial charge in [0, 0.05) is 17.5 Å². The predicted octanol–water partition coefficient (Wildman–Crippen LogP) is 2.92. The van der Waals surface area contributed by atoms with Gasteiger partial charge in [-0.3, -0.25) is 4.79 Å². The first kappa shape index (κ1) is 18.1. The Morgan fingerprint density at radius 1 is 1.19 bits per heavy atom. The van der Waals surface area contributed by atoms with Gasteiger partial charge in [0.05, 0.1) is 4.88 Å². The van der Waals surface area contributed by atoms with E-state index >= 15 is 0 Å². The lowest BCUT2D eigenvalue weighted by molar-refractivity contribution is 0.0846. The predicted molar refractivity (Wildman–Crippen MR) is 102 cm³/mol. The third-order valence-electron chi connectivity index (χ3n) is 4.76. The number of aryl methyl sites for hydroxylation is 2. The maximum Gasteiger partial charge on any atom is 0.261 e. The number of aliphatic hydroxyl groups is 1. The third-order valence-corrected chi connectivity index (χ3v) is 5.99. The lowest BCUT2D eigenvalue weighted by atomic mass is 10.1. The van der Waals surface area contributed by atoms with Crippen LogP contribution in [0.1, 0.15) is 39.4 Å². The first-order valence-corrected chi connectivity index (χ1v) is 10.1. The number of aliphatic hydroxyl groups excluding tert-OH is 1. The highest BCUT2D eigenvalue weighted by molar-refractivity contribution is 7.14. The van der Waals surface area contributed by atoms with Gasteiger partial charge in [0.25, 0.3) is 5.91 Å². The zero-order valence-corrected chi connectivity index (χ0v) is 15.8. The number of fused-ring (bicyclic) bond motifs is 2. The standard InChI is InChI=1S/C20H23NO5S/c22-14(11-24-15-6-7-16-17(9-15)26-12-25-16)10-21-20(23)19-8-13-4-2-1-3-5-18(13)27-19/h6-9,14,22H,1-5,10-12H2,(H,21,23). The molecule has 0 spiro atoms. The normalized spacial score (nSPS) is 16.3. The summed E-state index contributed by atoms with van der Waals surface area (Å²) >= 11 is 1.58. The highest BCUT2D eigenvalue weighted by Gasteiger charge is 2.18. The monoisotopic (exact) mass is 389 g/mol. The van der Waals surface area contributed by atoms with Crippen molar-refractivity contribution < 1.29 is 24.1 Å². The lowest BCUT2D eigenvalue weighted by Gasteiger charge is -2.13. The van der Waals surface area contributed by atoms with Gasteiger partial charge in [-0.2, -0.15) is 0 Å². The highest BCUT2D eigenvalue weighted by Crippen LogP contribution is 2.35. The molecular formula is C20H23NO5S. The summed E-state index contributed by atoms with van der Waals surface area (Å²) in [5, 5.41) is 12.9. The average Bonchev–Trinajstić information content (AvgIpc) is 3.25. The van der Waals surface area contributed by atoms with E-state index in [4.69, 9.17) is 14.2 Å². The minimum Gasteiger partial charge on any atom is -0.491 e. The van der Waals surface area contributed by atoms with E-state index in [-0.39, 0.29) is 25.9 Å². The van der Waals surface area contributed by atoms with E-state index in [1.807, 2.05) is 6.07 Å². The Morgan fingerprint density at radius 2 is 2.04 bits per heavy atom. The summed E-state index contributed by atoms with van der Waals surface area (Å²) in [6.07, 6.45) is 4.99. The van der Waals surface area contributed by atoms with Gasteiger partial charge in [0.1, 0.15) is 18.5 Å². The Morgan fingerprint density at radius 3 is 2.96 bits per heavy atom. The summed E-state index contributed by atoms with van der Waals surface area (Å²) in [4.78, 5) is 14.4. The molecule has 1 aliphatic carbocycles. The van der Waals surface area contributed by atoms with Crippen molar-refractivity contribution in [3.05, 3.63) is 39.6 Å². The lowest BCUT2D eigenvalue weighted by Crippen LogP contribution is -2.35. The number of hydrogen-bond donors (Lipinski definition) is 2. The van der Waals surface area contributed by atoms with Gasteiger partial charge in [-0.25, -0.2) is 0 Å². The van der Waals surface area contributed by atoms with Crippen molar-refractivity contribution in [2.24, 2.45) is 0 Å². The molecule has 144 valence electrons. The molecule has 2 aliphatic rings. The van der Waals surface area contributed by atoms with Crippen LogP contribution < -0.4 is 19.5 Å². The van der Waals surface area contributed by atoms with Gasteiger partial charge in [-0.15, -0.1) is 11.3 Å². The van der Waals surface area contributed by atoms with Crippen LogP contribution in [0.2, 0.25) is 0 Å². The largest absolute Gasteiger partial charge is 0.491 e. The molecule has 27 heavy (non-hydrogen) atoms. The Bertz CT molecular complexity index is 795. The molecule has 1 amide bonds. The molecule has 0 fully saturated rings. The van der Waals surface area contributed by atoms with Crippen LogP contribution in [0.5, 0.6) is 17.2 Å². The van der Waals surface area contributed by atoms with E-state index in [9.17, 15) is 9.90 Å². The number of thiophene rings is 1. The Hall–Kier alpha value is -2.25. The van der Waals surface area contributed by atoms with E-state index in [0.717, 1.165) is 17.7 Å². The van der Waals surface area contributed by atoms with Crippen molar-refractivity contribution in [3.8, 4) is 17.2 Å². The smallest absolute Gasteiger partial charge is 0.261 e. The number of amides is 1. The van der Waals surface area contributed by atoms with Crippen molar-refractivity contribution >= 4 is 17.2 Å². The fourth-order valence-corrected chi connectivity index (χ4v) is 4.46. The topological polar surface area (TPSA) is 77.0 Å². The van der Waals surface area contributed by atoms with Crippen molar-refractivity contribution in [1.82, 2.24) is 5.32 Å². The van der Waals surface area contributed by atoms with Crippen LogP contribution in [-0.4, -0.2) is 37.1 Å². The number of carbonyl (C=O) groups is 1. The van der Waals surface area contributed by atoms with Crippen molar-refractivity contribution in [3.63, 3.8) is 0 Å². The van der Waals surface area contributed by atoms with Gasteiger partial charge >= 0.3 is 0 Å². The minimum absolute atomic E-state index is 0.0842. The number of benzene rings is 1. The maximum absolute atomic E-state index is 12.4. The number of rotatable bonds is 6. The van der Waals surface area contributed by atoms with Crippen molar-refractivity contribution in [2.75, 3.05) is 19.9 Å². The summed E-state index contributed by atoms with van der Waals surface area (Å²) in [6.45, 7) is 0.437. The van der Waals surface area contributed by atoms with Gasteiger partial charge < -0.3 is 24.6 Å². The Balaban J connectivity index is 1.25. The molecular weight excluding hydrogens is 366 g/mol. The molecule has 1 aromatic heterocycles. The van der Waals surface area contributed by atoms with Crippen LogP contribution in [0.25, 0.3) is 0 Å². The molecule has 0 radical (unpaired) electrons. The first-order chi connectivity index (χ1) is 13.2. The molecule has 0 saturated heterocycles. The Labute approximate surface area is 162 Å². The first-order valence-electron chi connectivity index (χ1n) is 9.29. The van der Waals surface area contributed by atoms with E-state index in [2.05, 4.69) is 5.32 Å². The molecule has 4 rings (SSSR count). The number of nitrogens with one attached hydrogen (secondary N) is 1. The second-order valence-corrected chi connectivity index (χ2v) is 7.95. The average molecular weight is 389 g/mol. The molecule has 6 nitrogen and oxygen atoms in total. The molecule has 1 atom stereocenters. The van der Waals surface area contributed by atoms with Crippen LogP contribution in [0, 0.1) is 0 Å². The summed E-state index contributed by atoms with van der Waals surface area (Å²) < 4.78 is 16.1. The van der Waals surface area contributed by atoms with Gasteiger partial charge in [-0.05, 0) is 49.4 Å². The molecule has 7 heteroatoms. The van der Waals surface area contributed by atoms with Crippen LogP contribution in [0.15, 0.2) is 24.3 Å². The van der Waals surface area contributed by atoms with Crippen LogP contribution in [0.4, 0.5) is 0 Å². The Kier molecular flexibility index (Phi) is 5.50. The van der Waals surface area contributed by atoms with Crippen molar-refractivity contribution in [1.29, 1.82) is 0 Å². The summed E-state index contributed by atoms with van der Waals surface area (Å²) in [6, 6.07) is 7.27. The molecule has 1 unspecified atom stereocenters. The molecule has 1 aromatic carbocycles. The molecule has 2 N–H and O–H groups in total. The SMILES string of the molecule is O=C(NCC(O)COc1ccc2c(c1)OCO2)c1cc2c(s1)CCCCC2. The molecule has 1 aliphatic heterocycles. The van der Waals surface area contributed by atoms with Gasteiger partial charge in [0.2, 0.25) is 6.79 Å². The minimum atomic E-state index is -0.794. The van der Waals surface area contributed by atoms with E-state index < -0.39 is 6.10 Å².